The lowest BCUT2D eigenvalue weighted by molar-refractivity contribution is -0.172. The van der Waals surface area contributed by atoms with Gasteiger partial charge in [-0.05, 0) is 13.3 Å². The average Bonchev–Trinajstić information content (AvgIpc) is 2.13. The molecule has 0 aliphatic carbocycles. The molecule has 0 rings (SSSR count). The smallest absolute Gasteiger partial charge is 0.172 e. The third kappa shape index (κ3) is 5.21. The summed E-state index contributed by atoms with van der Waals surface area (Å²) in [7, 11) is 3.24. The van der Waals surface area contributed by atoms with E-state index in [1.807, 2.05) is 13.8 Å². The number of methoxy groups -OCH3 is 2. The molecule has 0 aromatic heterocycles. The summed E-state index contributed by atoms with van der Waals surface area (Å²) >= 11 is 0. The molecule has 0 aliphatic rings. The first-order chi connectivity index (χ1) is 6.15. The van der Waals surface area contributed by atoms with Crippen LogP contribution >= 0.6 is 0 Å². The van der Waals surface area contributed by atoms with Crippen LogP contribution < -0.4 is 5.73 Å². The van der Waals surface area contributed by atoms with Gasteiger partial charge in [0.25, 0.3) is 0 Å². The fourth-order valence-corrected chi connectivity index (χ4v) is 1.03. The van der Waals surface area contributed by atoms with E-state index in [0.717, 1.165) is 6.42 Å². The van der Waals surface area contributed by atoms with Crippen molar-refractivity contribution >= 4 is 0 Å². The van der Waals surface area contributed by atoms with Crippen LogP contribution in [0.5, 0.6) is 0 Å². The molecule has 0 spiro atoms. The summed E-state index contributed by atoms with van der Waals surface area (Å²) in [5.41, 5.74) is 5.78. The van der Waals surface area contributed by atoms with Gasteiger partial charge in [0.1, 0.15) is 0 Å². The van der Waals surface area contributed by atoms with Gasteiger partial charge in [-0.3, -0.25) is 0 Å². The van der Waals surface area contributed by atoms with Gasteiger partial charge in [-0.1, -0.05) is 6.92 Å². The van der Waals surface area contributed by atoms with Crippen LogP contribution in [0.25, 0.3) is 0 Å². The standard InChI is InChI=1S/C9H21NO3/c1-5-8(10)9(12-4)13-7(2)6-11-3/h7-9H,5-6,10H2,1-4H3. The lowest BCUT2D eigenvalue weighted by Crippen LogP contribution is -2.40. The molecule has 0 aromatic rings. The van der Waals surface area contributed by atoms with Crippen molar-refractivity contribution < 1.29 is 14.2 Å². The monoisotopic (exact) mass is 191 g/mol. The quantitative estimate of drug-likeness (QED) is 0.603. The van der Waals surface area contributed by atoms with Crippen LogP contribution in [-0.2, 0) is 14.2 Å². The van der Waals surface area contributed by atoms with Crippen LogP contribution in [0.1, 0.15) is 20.3 Å². The van der Waals surface area contributed by atoms with Gasteiger partial charge in [-0.2, -0.15) is 0 Å². The van der Waals surface area contributed by atoms with E-state index in [1.165, 1.54) is 0 Å². The third-order valence-electron chi connectivity index (χ3n) is 1.82. The first-order valence-corrected chi connectivity index (χ1v) is 4.58. The zero-order chi connectivity index (χ0) is 10.3. The number of hydrogen-bond acceptors (Lipinski definition) is 4. The molecular formula is C9H21NO3. The third-order valence-corrected chi connectivity index (χ3v) is 1.82. The Kier molecular flexibility index (Phi) is 7.17. The van der Waals surface area contributed by atoms with Crippen molar-refractivity contribution in [2.45, 2.75) is 38.7 Å². The van der Waals surface area contributed by atoms with Crippen molar-refractivity contribution in [1.82, 2.24) is 0 Å². The van der Waals surface area contributed by atoms with E-state index in [1.54, 1.807) is 14.2 Å². The van der Waals surface area contributed by atoms with Crippen LogP contribution in [0.2, 0.25) is 0 Å². The second-order valence-electron chi connectivity index (χ2n) is 3.08. The van der Waals surface area contributed by atoms with Crippen LogP contribution in [0.4, 0.5) is 0 Å². The molecule has 0 fully saturated rings. The van der Waals surface area contributed by atoms with E-state index in [9.17, 15) is 0 Å². The maximum atomic E-state index is 5.78. The Bertz CT molecular complexity index is 121. The van der Waals surface area contributed by atoms with Crippen molar-refractivity contribution in [2.24, 2.45) is 5.73 Å². The molecule has 0 amide bonds. The SMILES string of the molecule is CCC(N)C(OC)OC(C)COC. The average molecular weight is 191 g/mol. The Balaban J connectivity index is 3.82. The fourth-order valence-electron chi connectivity index (χ4n) is 1.03. The molecule has 0 heterocycles. The molecule has 13 heavy (non-hydrogen) atoms. The normalized spacial score (nSPS) is 18.2. The maximum absolute atomic E-state index is 5.78. The van der Waals surface area contributed by atoms with Crippen molar-refractivity contribution in [1.29, 1.82) is 0 Å². The summed E-state index contributed by atoms with van der Waals surface area (Å²) in [6, 6.07) is -0.0793. The van der Waals surface area contributed by atoms with E-state index >= 15 is 0 Å². The molecule has 2 N–H and O–H groups in total. The molecule has 0 radical (unpaired) electrons. The first kappa shape index (κ1) is 12.8. The molecule has 4 heteroatoms. The van der Waals surface area contributed by atoms with E-state index in [4.69, 9.17) is 19.9 Å². The van der Waals surface area contributed by atoms with Crippen molar-refractivity contribution in [3.63, 3.8) is 0 Å². The second-order valence-corrected chi connectivity index (χ2v) is 3.08. The largest absolute Gasteiger partial charge is 0.382 e. The molecule has 0 saturated heterocycles. The highest BCUT2D eigenvalue weighted by molar-refractivity contribution is 4.64. The molecule has 3 unspecified atom stereocenters. The summed E-state index contributed by atoms with van der Waals surface area (Å²) in [6.07, 6.45) is 0.501. The van der Waals surface area contributed by atoms with Gasteiger partial charge in [-0.15, -0.1) is 0 Å². The number of ether oxygens (including phenoxy) is 3. The summed E-state index contributed by atoms with van der Waals surface area (Å²) < 4.78 is 15.6. The van der Waals surface area contributed by atoms with Gasteiger partial charge in [0.2, 0.25) is 0 Å². The summed E-state index contributed by atoms with van der Waals surface area (Å²) in [6.45, 7) is 4.48. The van der Waals surface area contributed by atoms with E-state index in [0.29, 0.717) is 6.61 Å². The molecule has 0 aliphatic heterocycles. The summed E-state index contributed by atoms with van der Waals surface area (Å²) in [5, 5.41) is 0. The highest BCUT2D eigenvalue weighted by atomic mass is 16.7. The fraction of sp³-hybridized carbons (Fsp3) is 1.00. The first-order valence-electron chi connectivity index (χ1n) is 4.58. The van der Waals surface area contributed by atoms with Gasteiger partial charge in [0, 0.05) is 14.2 Å². The Morgan fingerprint density at radius 2 is 1.92 bits per heavy atom. The molecule has 0 bridgehead atoms. The lowest BCUT2D eigenvalue weighted by Gasteiger charge is -2.25. The van der Waals surface area contributed by atoms with Gasteiger partial charge in [0.05, 0.1) is 18.8 Å². The van der Waals surface area contributed by atoms with E-state index in [-0.39, 0.29) is 18.4 Å². The predicted molar refractivity (Wildman–Crippen MR) is 51.5 cm³/mol. The van der Waals surface area contributed by atoms with Crippen molar-refractivity contribution in [3.05, 3.63) is 0 Å². The predicted octanol–water partition coefficient (Wildman–Crippen LogP) is 0.748. The summed E-state index contributed by atoms with van der Waals surface area (Å²) in [4.78, 5) is 0. The van der Waals surface area contributed by atoms with Crippen LogP contribution in [-0.4, -0.2) is 39.3 Å². The van der Waals surface area contributed by atoms with Crippen molar-refractivity contribution in [3.8, 4) is 0 Å². The highest BCUT2D eigenvalue weighted by Gasteiger charge is 2.18. The second kappa shape index (κ2) is 7.26. The van der Waals surface area contributed by atoms with Gasteiger partial charge < -0.3 is 19.9 Å². The van der Waals surface area contributed by atoms with E-state index < -0.39 is 0 Å². The number of nitrogens with two attached hydrogens (primary N) is 1. The molecule has 80 valence electrons. The zero-order valence-corrected chi connectivity index (χ0v) is 8.95. The number of hydrogen-bond donors (Lipinski definition) is 1. The topological polar surface area (TPSA) is 53.7 Å². The minimum absolute atomic E-state index is 0.00699. The van der Waals surface area contributed by atoms with Crippen LogP contribution in [0, 0.1) is 0 Å². The maximum Gasteiger partial charge on any atom is 0.172 e. The Labute approximate surface area is 80.3 Å². The minimum Gasteiger partial charge on any atom is -0.382 e. The summed E-state index contributed by atoms with van der Waals surface area (Å²) in [5.74, 6) is 0. The van der Waals surface area contributed by atoms with Crippen LogP contribution in [0.15, 0.2) is 0 Å². The lowest BCUT2D eigenvalue weighted by atomic mass is 10.2. The van der Waals surface area contributed by atoms with E-state index in [2.05, 4.69) is 0 Å². The molecule has 0 saturated carbocycles. The van der Waals surface area contributed by atoms with Gasteiger partial charge in [-0.25, -0.2) is 0 Å². The highest BCUT2D eigenvalue weighted by Crippen LogP contribution is 2.05. The van der Waals surface area contributed by atoms with Crippen LogP contribution in [0.3, 0.4) is 0 Å². The molecule has 0 aromatic carbocycles. The molecule has 3 atom stereocenters. The molecular weight excluding hydrogens is 170 g/mol. The van der Waals surface area contributed by atoms with Gasteiger partial charge in [0.15, 0.2) is 6.29 Å². The Morgan fingerprint density at radius 3 is 2.31 bits per heavy atom. The van der Waals surface area contributed by atoms with Crippen molar-refractivity contribution in [2.75, 3.05) is 20.8 Å². The zero-order valence-electron chi connectivity index (χ0n) is 8.95. The Morgan fingerprint density at radius 1 is 1.31 bits per heavy atom. The minimum atomic E-state index is -0.338. The number of rotatable bonds is 7. The Hall–Kier alpha value is -0.160. The van der Waals surface area contributed by atoms with Gasteiger partial charge >= 0.3 is 0 Å². The molecule has 4 nitrogen and oxygen atoms in total.